The molecule has 0 radical (unpaired) electrons. The lowest BCUT2D eigenvalue weighted by Crippen LogP contribution is -2.71. The first-order chi connectivity index (χ1) is 10.8. The maximum absolute atomic E-state index is 3.79. The van der Waals surface area contributed by atoms with Gasteiger partial charge in [0.05, 0.1) is 0 Å². The summed E-state index contributed by atoms with van der Waals surface area (Å²) in [5, 5.41) is 6.10. The number of rotatable bonds is 4. The number of thiophene rings is 1. The number of fused-ring (bicyclic) bond motifs is 1. The summed E-state index contributed by atoms with van der Waals surface area (Å²) in [5.41, 5.74) is 3.11. The Hall–Kier alpha value is -1.16. The first kappa shape index (κ1) is 14.4. The predicted molar refractivity (Wildman–Crippen MR) is 94.2 cm³/mol. The molecule has 2 aromatic rings. The zero-order valence-electron chi connectivity index (χ0n) is 13.2. The highest BCUT2D eigenvalue weighted by atomic mass is 32.1. The van der Waals surface area contributed by atoms with E-state index in [1.165, 1.54) is 41.8 Å². The molecule has 1 aromatic carbocycles. The molecule has 2 aliphatic rings. The molecule has 0 spiro atoms. The van der Waals surface area contributed by atoms with Crippen LogP contribution in [0, 0.1) is 0 Å². The van der Waals surface area contributed by atoms with Crippen molar-refractivity contribution < 1.29 is 0 Å². The predicted octanol–water partition coefficient (Wildman–Crippen LogP) is 4.13. The highest BCUT2D eigenvalue weighted by Gasteiger charge is 2.49. The maximum atomic E-state index is 3.79. The van der Waals surface area contributed by atoms with Gasteiger partial charge < -0.3 is 5.32 Å². The molecule has 116 valence electrons. The third kappa shape index (κ3) is 2.41. The van der Waals surface area contributed by atoms with Crippen molar-refractivity contribution in [2.75, 3.05) is 13.1 Å². The van der Waals surface area contributed by atoms with E-state index in [2.05, 4.69) is 58.9 Å². The van der Waals surface area contributed by atoms with Crippen molar-refractivity contribution in [3.05, 3.63) is 46.7 Å². The second-order valence-corrected chi connectivity index (χ2v) is 7.62. The Morgan fingerprint density at radius 3 is 2.86 bits per heavy atom. The fourth-order valence-corrected chi connectivity index (χ4v) is 5.05. The number of hydrogen-bond acceptors (Lipinski definition) is 3. The maximum Gasteiger partial charge on any atom is 0.0335 e. The number of benzene rings is 1. The zero-order chi connectivity index (χ0) is 15.0. The van der Waals surface area contributed by atoms with E-state index in [0.29, 0.717) is 5.54 Å². The van der Waals surface area contributed by atoms with E-state index in [4.69, 9.17) is 0 Å². The Morgan fingerprint density at radius 1 is 1.27 bits per heavy atom. The van der Waals surface area contributed by atoms with Crippen LogP contribution in [0.3, 0.4) is 0 Å². The summed E-state index contributed by atoms with van der Waals surface area (Å²) in [6.07, 6.45) is 3.97. The first-order valence-electron chi connectivity index (χ1n) is 8.43. The van der Waals surface area contributed by atoms with Crippen molar-refractivity contribution in [3.8, 4) is 11.1 Å². The van der Waals surface area contributed by atoms with Gasteiger partial charge in [-0.2, -0.15) is 0 Å². The van der Waals surface area contributed by atoms with Crippen molar-refractivity contribution >= 4 is 11.3 Å². The highest BCUT2D eigenvalue weighted by Crippen LogP contribution is 2.41. The summed E-state index contributed by atoms with van der Waals surface area (Å²) in [6.45, 7) is 5.78. The van der Waals surface area contributed by atoms with Crippen LogP contribution in [0.25, 0.3) is 11.1 Å². The van der Waals surface area contributed by atoms with Crippen molar-refractivity contribution in [1.29, 1.82) is 0 Å². The number of hydrogen-bond donors (Lipinski definition) is 1. The summed E-state index contributed by atoms with van der Waals surface area (Å²) in [5.74, 6) is 0. The third-order valence-electron chi connectivity index (χ3n) is 5.57. The number of nitrogens with zero attached hydrogens (tertiary/aromatic N) is 1. The van der Waals surface area contributed by atoms with Gasteiger partial charge >= 0.3 is 0 Å². The quantitative estimate of drug-likeness (QED) is 0.913. The number of piperazine rings is 1. The van der Waals surface area contributed by atoms with Crippen molar-refractivity contribution in [3.63, 3.8) is 0 Å². The fourth-order valence-electron chi connectivity index (χ4n) is 4.14. The molecule has 2 unspecified atom stereocenters. The van der Waals surface area contributed by atoms with Gasteiger partial charge in [0.1, 0.15) is 0 Å². The van der Waals surface area contributed by atoms with E-state index >= 15 is 0 Å². The molecule has 3 heteroatoms. The van der Waals surface area contributed by atoms with Crippen LogP contribution < -0.4 is 5.32 Å². The molecule has 0 bridgehead atoms. The standard InChI is InChI=1S/C19H24N2S/c1-2-19-9-8-18(19)21(11-10-20-19)13-17-12-16(14-22-17)15-6-4-3-5-7-15/h3-7,12,14,18,20H,2,8-11,13H2,1H3. The zero-order valence-corrected chi connectivity index (χ0v) is 14.0. The van der Waals surface area contributed by atoms with Gasteiger partial charge in [0.15, 0.2) is 0 Å². The molecular formula is C19H24N2S. The number of nitrogens with one attached hydrogen (secondary N) is 1. The van der Waals surface area contributed by atoms with E-state index in [1.54, 1.807) is 0 Å². The molecule has 1 saturated carbocycles. The van der Waals surface area contributed by atoms with Crippen molar-refractivity contribution in [2.24, 2.45) is 0 Å². The minimum absolute atomic E-state index is 0.414. The molecule has 22 heavy (non-hydrogen) atoms. The van der Waals surface area contributed by atoms with Crippen LogP contribution in [0.1, 0.15) is 31.1 Å². The molecule has 1 N–H and O–H groups in total. The van der Waals surface area contributed by atoms with E-state index < -0.39 is 0 Å². The average molecular weight is 312 g/mol. The van der Waals surface area contributed by atoms with Crippen LogP contribution in [0.4, 0.5) is 0 Å². The van der Waals surface area contributed by atoms with Gasteiger partial charge in [-0.25, -0.2) is 0 Å². The Bertz CT molecular complexity index is 632. The SMILES string of the molecule is CCC12CCC1N(Cc1cc(-c3ccccc3)cs1)CCN2. The monoisotopic (exact) mass is 312 g/mol. The van der Waals surface area contributed by atoms with Crippen LogP contribution in [0.5, 0.6) is 0 Å². The minimum Gasteiger partial charge on any atom is -0.308 e. The lowest BCUT2D eigenvalue weighted by Gasteiger charge is -2.58. The van der Waals surface area contributed by atoms with Gasteiger partial charge in [-0.15, -0.1) is 11.3 Å². The molecule has 0 amide bonds. The van der Waals surface area contributed by atoms with Crippen molar-refractivity contribution in [1.82, 2.24) is 10.2 Å². The van der Waals surface area contributed by atoms with E-state index in [9.17, 15) is 0 Å². The van der Waals surface area contributed by atoms with Gasteiger partial charge in [0.25, 0.3) is 0 Å². The molecule has 2 atom stereocenters. The van der Waals surface area contributed by atoms with E-state index in [0.717, 1.165) is 19.1 Å². The average Bonchev–Trinajstić information content (AvgIpc) is 2.99. The van der Waals surface area contributed by atoms with Crippen LogP contribution in [0.2, 0.25) is 0 Å². The summed E-state index contributed by atoms with van der Waals surface area (Å²) < 4.78 is 0. The molecule has 1 aliphatic heterocycles. The topological polar surface area (TPSA) is 15.3 Å². The molecule has 1 aromatic heterocycles. The fraction of sp³-hybridized carbons (Fsp3) is 0.474. The highest BCUT2D eigenvalue weighted by molar-refractivity contribution is 7.10. The van der Waals surface area contributed by atoms with Crippen LogP contribution in [-0.4, -0.2) is 29.6 Å². The van der Waals surface area contributed by atoms with E-state index in [-0.39, 0.29) is 0 Å². The van der Waals surface area contributed by atoms with Gasteiger partial charge in [0.2, 0.25) is 0 Å². The molecule has 1 saturated heterocycles. The molecule has 1 aliphatic carbocycles. The second-order valence-electron chi connectivity index (χ2n) is 6.63. The summed E-state index contributed by atoms with van der Waals surface area (Å²) >= 11 is 1.91. The summed E-state index contributed by atoms with van der Waals surface area (Å²) in [7, 11) is 0. The molecule has 2 heterocycles. The Kier molecular flexibility index (Phi) is 3.81. The van der Waals surface area contributed by atoms with Gasteiger partial charge in [-0.3, -0.25) is 4.90 Å². The normalized spacial score (nSPS) is 28.1. The van der Waals surface area contributed by atoms with Crippen molar-refractivity contribution in [2.45, 2.75) is 44.3 Å². The van der Waals surface area contributed by atoms with Gasteiger partial charge in [-0.1, -0.05) is 37.3 Å². The summed E-state index contributed by atoms with van der Waals surface area (Å²) in [4.78, 5) is 4.21. The largest absolute Gasteiger partial charge is 0.308 e. The molecule has 4 rings (SSSR count). The molecule has 2 nitrogen and oxygen atoms in total. The minimum atomic E-state index is 0.414. The lowest BCUT2D eigenvalue weighted by atomic mass is 9.68. The van der Waals surface area contributed by atoms with E-state index in [1.807, 2.05) is 11.3 Å². The van der Waals surface area contributed by atoms with Gasteiger partial charge in [0, 0.05) is 36.1 Å². The van der Waals surface area contributed by atoms with Crippen LogP contribution in [0.15, 0.2) is 41.8 Å². The molecular weight excluding hydrogens is 288 g/mol. The van der Waals surface area contributed by atoms with Gasteiger partial charge in [-0.05, 0) is 41.8 Å². The molecule has 2 fully saturated rings. The first-order valence-corrected chi connectivity index (χ1v) is 9.31. The Labute approximate surface area is 137 Å². The Morgan fingerprint density at radius 2 is 2.14 bits per heavy atom. The second kappa shape index (κ2) is 5.80. The Balaban J connectivity index is 1.49. The van der Waals surface area contributed by atoms with Crippen LogP contribution >= 0.6 is 11.3 Å². The van der Waals surface area contributed by atoms with Crippen LogP contribution in [-0.2, 0) is 6.54 Å². The smallest absolute Gasteiger partial charge is 0.0335 e. The lowest BCUT2D eigenvalue weighted by molar-refractivity contribution is -0.0270. The summed E-state index contributed by atoms with van der Waals surface area (Å²) in [6, 6.07) is 13.8. The third-order valence-corrected chi connectivity index (χ3v) is 6.49.